The van der Waals surface area contributed by atoms with E-state index in [-0.39, 0.29) is 18.0 Å². The average molecular weight is 343 g/mol. The molecule has 6 heteroatoms. The van der Waals surface area contributed by atoms with Crippen molar-refractivity contribution in [1.29, 1.82) is 0 Å². The molecule has 2 aromatic rings. The van der Waals surface area contributed by atoms with Crippen LogP contribution >= 0.6 is 11.8 Å². The van der Waals surface area contributed by atoms with Crippen LogP contribution in [0.2, 0.25) is 0 Å². The molecule has 0 aliphatic heterocycles. The molecule has 3 N–H and O–H groups in total. The number of amides is 3. The van der Waals surface area contributed by atoms with Crippen LogP contribution in [0.25, 0.3) is 0 Å². The Hall–Kier alpha value is -2.47. The van der Waals surface area contributed by atoms with Gasteiger partial charge in [0.05, 0.1) is 0 Å². The van der Waals surface area contributed by atoms with E-state index in [9.17, 15) is 9.59 Å². The summed E-state index contributed by atoms with van der Waals surface area (Å²) in [5.41, 5.74) is 1.91. The molecule has 0 saturated carbocycles. The zero-order valence-corrected chi connectivity index (χ0v) is 14.7. The minimum atomic E-state index is -0.268. The van der Waals surface area contributed by atoms with Crippen molar-refractivity contribution in [2.75, 3.05) is 16.9 Å². The Morgan fingerprint density at radius 2 is 1.42 bits per heavy atom. The van der Waals surface area contributed by atoms with E-state index < -0.39 is 0 Å². The Kier molecular flexibility index (Phi) is 6.26. The van der Waals surface area contributed by atoms with Crippen molar-refractivity contribution in [2.45, 2.75) is 24.8 Å². The predicted molar refractivity (Wildman–Crippen MR) is 99.9 cm³/mol. The fraction of sp³-hybridized carbons (Fsp3) is 0.222. The molecule has 0 radical (unpaired) electrons. The van der Waals surface area contributed by atoms with Crippen molar-refractivity contribution >= 4 is 35.1 Å². The predicted octanol–water partition coefficient (Wildman–Crippen LogP) is 4.19. The first kappa shape index (κ1) is 17.9. The highest BCUT2D eigenvalue weighted by atomic mass is 32.2. The van der Waals surface area contributed by atoms with Crippen LogP contribution in [0.15, 0.2) is 53.4 Å². The summed E-state index contributed by atoms with van der Waals surface area (Å²) in [7, 11) is 0. The molecule has 0 atom stereocenters. The number of thioether (sulfide) groups is 1. The first-order valence-corrected chi connectivity index (χ1v) is 8.83. The van der Waals surface area contributed by atoms with Gasteiger partial charge < -0.3 is 16.0 Å². The number of benzene rings is 2. The number of hydrogen-bond acceptors (Lipinski definition) is 3. The quantitative estimate of drug-likeness (QED) is 0.713. The van der Waals surface area contributed by atoms with E-state index in [1.54, 1.807) is 36.0 Å². The second-order valence-corrected chi connectivity index (χ2v) is 6.39. The van der Waals surface area contributed by atoms with Crippen LogP contribution in [0, 0.1) is 0 Å². The topological polar surface area (TPSA) is 70.2 Å². The molecule has 0 unspecified atom stereocenters. The fourth-order valence-corrected chi connectivity index (χ4v) is 2.42. The molecule has 5 nitrogen and oxygen atoms in total. The molecule has 0 fully saturated rings. The highest BCUT2D eigenvalue weighted by molar-refractivity contribution is 7.98. The molecule has 0 spiro atoms. The molecule has 2 rings (SSSR count). The molecule has 3 amide bonds. The number of carbonyl (C=O) groups excluding carboxylic acids is 2. The summed E-state index contributed by atoms with van der Waals surface area (Å²) in [6, 6.07) is 14.2. The lowest BCUT2D eigenvalue weighted by Crippen LogP contribution is -2.34. The van der Waals surface area contributed by atoms with E-state index in [4.69, 9.17) is 0 Å². The SMILES string of the molecule is CSc1ccc(NC(=O)c2ccc(NC(=O)NC(C)C)cc2)cc1. The van der Waals surface area contributed by atoms with Gasteiger partial charge in [0, 0.05) is 27.9 Å². The molecule has 126 valence electrons. The molecule has 0 bridgehead atoms. The summed E-state index contributed by atoms with van der Waals surface area (Å²) in [5.74, 6) is -0.190. The molecule has 0 aliphatic rings. The van der Waals surface area contributed by atoms with Gasteiger partial charge in [0.2, 0.25) is 0 Å². The van der Waals surface area contributed by atoms with Crippen LogP contribution in [0.1, 0.15) is 24.2 Å². The van der Waals surface area contributed by atoms with Crippen molar-refractivity contribution in [3.05, 3.63) is 54.1 Å². The summed E-state index contributed by atoms with van der Waals surface area (Å²) in [5, 5.41) is 8.31. The Morgan fingerprint density at radius 1 is 0.875 bits per heavy atom. The van der Waals surface area contributed by atoms with Crippen molar-refractivity contribution in [3.8, 4) is 0 Å². The molecular weight excluding hydrogens is 322 g/mol. The van der Waals surface area contributed by atoms with Crippen LogP contribution < -0.4 is 16.0 Å². The van der Waals surface area contributed by atoms with Crippen molar-refractivity contribution in [1.82, 2.24) is 5.32 Å². The molecule has 0 aromatic heterocycles. The highest BCUT2D eigenvalue weighted by Crippen LogP contribution is 2.18. The molecule has 2 aromatic carbocycles. The summed E-state index contributed by atoms with van der Waals surface area (Å²) >= 11 is 1.65. The molecular formula is C18H21N3O2S. The summed E-state index contributed by atoms with van der Waals surface area (Å²) < 4.78 is 0. The molecule has 0 saturated heterocycles. The number of urea groups is 1. The van der Waals surface area contributed by atoms with Gasteiger partial charge in [0.1, 0.15) is 0 Å². The Labute approximate surface area is 146 Å². The van der Waals surface area contributed by atoms with E-state index in [0.717, 1.165) is 10.6 Å². The van der Waals surface area contributed by atoms with Gasteiger partial charge in [0.25, 0.3) is 5.91 Å². The Balaban J connectivity index is 1.96. The van der Waals surface area contributed by atoms with E-state index in [1.807, 2.05) is 44.4 Å². The standard InChI is InChI=1S/C18H21N3O2S/c1-12(2)19-18(23)21-15-6-4-13(5-7-15)17(22)20-14-8-10-16(24-3)11-9-14/h4-12H,1-3H3,(H,20,22)(H2,19,21,23). The maximum absolute atomic E-state index is 12.2. The third kappa shape index (κ3) is 5.31. The highest BCUT2D eigenvalue weighted by Gasteiger charge is 2.07. The monoisotopic (exact) mass is 343 g/mol. The van der Waals surface area contributed by atoms with Gasteiger partial charge in [-0.1, -0.05) is 0 Å². The van der Waals surface area contributed by atoms with Gasteiger partial charge in [-0.05, 0) is 68.6 Å². The lowest BCUT2D eigenvalue weighted by Gasteiger charge is -2.10. The summed E-state index contributed by atoms with van der Waals surface area (Å²) in [4.78, 5) is 25.0. The zero-order valence-electron chi connectivity index (χ0n) is 13.9. The van der Waals surface area contributed by atoms with Gasteiger partial charge in [-0.15, -0.1) is 11.8 Å². The van der Waals surface area contributed by atoms with Crippen LogP contribution in [0.5, 0.6) is 0 Å². The minimum Gasteiger partial charge on any atom is -0.336 e. The van der Waals surface area contributed by atoms with E-state index in [0.29, 0.717) is 11.3 Å². The fourth-order valence-electron chi connectivity index (χ4n) is 2.01. The molecule has 0 aliphatic carbocycles. The summed E-state index contributed by atoms with van der Waals surface area (Å²) in [6.07, 6.45) is 2.00. The van der Waals surface area contributed by atoms with Crippen LogP contribution in [-0.2, 0) is 0 Å². The first-order chi connectivity index (χ1) is 11.5. The largest absolute Gasteiger partial charge is 0.336 e. The minimum absolute atomic E-state index is 0.0625. The van der Waals surface area contributed by atoms with Gasteiger partial charge in [-0.3, -0.25) is 4.79 Å². The van der Waals surface area contributed by atoms with Crippen LogP contribution in [0.3, 0.4) is 0 Å². The maximum Gasteiger partial charge on any atom is 0.319 e. The molecule has 0 heterocycles. The molecule has 24 heavy (non-hydrogen) atoms. The van der Waals surface area contributed by atoms with Crippen LogP contribution in [-0.4, -0.2) is 24.2 Å². The number of rotatable bonds is 5. The normalized spacial score (nSPS) is 10.3. The van der Waals surface area contributed by atoms with Crippen molar-refractivity contribution in [2.24, 2.45) is 0 Å². The van der Waals surface area contributed by atoms with E-state index >= 15 is 0 Å². The second kappa shape index (κ2) is 8.40. The Bertz CT molecular complexity index is 697. The number of anilines is 2. The third-order valence-electron chi connectivity index (χ3n) is 3.17. The smallest absolute Gasteiger partial charge is 0.319 e. The summed E-state index contributed by atoms with van der Waals surface area (Å²) in [6.45, 7) is 3.78. The van der Waals surface area contributed by atoms with Gasteiger partial charge in [-0.25, -0.2) is 4.79 Å². The first-order valence-electron chi connectivity index (χ1n) is 7.61. The number of nitrogens with one attached hydrogen (secondary N) is 3. The van der Waals surface area contributed by atoms with E-state index in [1.165, 1.54) is 0 Å². The van der Waals surface area contributed by atoms with Crippen LogP contribution in [0.4, 0.5) is 16.2 Å². The number of carbonyl (C=O) groups is 2. The van der Waals surface area contributed by atoms with Crippen molar-refractivity contribution in [3.63, 3.8) is 0 Å². The lowest BCUT2D eigenvalue weighted by atomic mass is 10.2. The van der Waals surface area contributed by atoms with Gasteiger partial charge in [-0.2, -0.15) is 0 Å². The van der Waals surface area contributed by atoms with Gasteiger partial charge >= 0.3 is 6.03 Å². The maximum atomic E-state index is 12.2. The second-order valence-electron chi connectivity index (χ2n) is 5.51. The van der Waals surface area contributed by atoms with Crippen molar-refractivity contribution < 1.29 is 9.59 Å². The number of hydrogen-bond donors (Lipinski definition) is 3. The lowest BCUT2D eigenvalue weighted by molar-refractivity contribution is 0.102. The third-order valence-corrected chi connectivity index (χ3v) is 3.92. The zero-order chi connectivity index (χ0) is 17.5. The Morgan fingerprint density at radius 3 is 1.96 bits per heavy atom. The van der Waals surface area contributed by atoms with E-state index in [2.05, 4.69) is 16.0 Å². The average Bonchev–Trinajstić information content (AvgIpc) is 2.55. The van der Waals surface area contributed by atoms with Gasteiger partial charge in [0.15, 0.2) is 0 Å².